The fourth-order valence-electron chi connectivity index (χ4n) is 2.56. The van der Waals surface area contributed by atoms with E-state index in [0.29, 0.717) is 5.54 Å². The molecule has 0 unspecified atom stereocenters. The van der Waals surface area contributed by atoms with Gasteiger partial charge in [0, 0.05) is 11.3 Å². The van der Waals surface area contributed by atoms with Gasteiger partial charge in [-0.15, -0.1) is 0 Å². The Kier molecular flexibility index (Phi) is 3.53. The molecule has 1 N–H and O–H groups in total. The summed E-state index contributed by atoms with van der Waals surface area (Å²) in [4.78, 5) is 4.94. The van der Waals surface area contributed by atoms with Crippen LogP contribution in [0.3, 0.4) is 0 Å². The van der Waals surface area contributed by atoms with Gasteiger partial charge in [0.2, 0.25) is 0 Å². The third-order valence-corrected chi connectivity index (χ3v) is 5.64. The number of nitrogens with zero attached hydrogens (tertiary/aromatic N) is 1. The van der Waals surface area contributed by atoms with Crippen LogP contribution in [0.25, 0.3) is 0 Å². The molecular formula is C13H24N2S. The predicted molar refractivity (Wildman–Crippen MR) is 73.2 cm³/mol. The van der Waals surface area contributed by atoms with Crippen molar-refractivity contribution >= 4 is 16.9 Å². The fourth-order valence-corrected chi connectivity index (χ4v) is 3.98. The second-order valence-electron chi connectivity index (χ2n) is 5.25. The van der Waals surface area contributed by atoms with Crippen LogP contribution in [0.5, 0.6) is 0 Å². The van der Waals surface area contributed by atoms with E-state index in [-0.39, 0.29) is 5.54 Å². The predicted octanol–water partition coefficient (Wildman–Crippen LogP) is 3.57. The van der Waals surface area contributed by atoms with E-state index in [4.69, 9.17) is 4.99 Å². The molecule has 0 saturated heterocycles. The van der Waals surface area contributed by atoms with Crippen LogP contribution >= 0.6 is 11.8 Å². The monoisotopic (exact) mass is 240 g/mol. The molecule has 0 radical (unpaired) electrons. The van der Waals surface area contributed by atoms with Gasteiger partial charge in [0.25, 0.3) is 0 Å². The molecule has 0 aromatic heterocycles. The topological polar surface area (TPSA) is 24.4 Å². The number of amidine groups is 1. The molecule has 1 fully saturated rings. The van der Waals surface area contributed by atoms with Gasteiger partial charge in [-0.2, -0.15) is 0 Å². The van der Waals surface area contributed by atoms with Crippen LogP contribution in [0.15, 0.2) is 4.99 Å². The zero-order valence-electron chi connectivity index (χ0n) is 10.8. The number of aliphatic imine (C=N–C) groups is 1. The number of rotatable bonds is 4. The number of thioether (sulfide) groups is 1. The molecule has 0 atom stereocenters. The normalized spacial score (nSPS) is 26.1. The van der Waals surface area contributed by atoms with Crippen molar-refractivity contribution in [3.8, 4) is 0 Å². The smallest absolute Gasteiger partial charge is 0.157 e. The largest absolute Gasteiger partial charge is 0.359 e. The summed E-state index contributed by atoms with van der Waals surface area (Å²) in [6, 6.07) is 0. The molecule has 1 heterocycles. The summed E-state index contributed by atoms with van der Waals surface area (Å²) in [5.41, 5.74) is 0.620. The molecule has 16 heavy (non-hydrogen) atoms. The molecule has 1 aliphatic heterocycles. The van der Waals surface area contributed by atoms with Crippen LogP contribution in [0.1, 0.15) is 59.3 Å². The van der Waals surface area contributed by atoms with Gasteiger partial charge < -0.3 is 5.32 Å². The maximum Gasteiger partial charge on any atom is 0.157 e. The van der Waals surface area contributed by atoms with E-state index in [0.717, 1.165) is 0 Å². The quantitative estimate of drug-likeness (QED) is 0.812. The summed E-state index contributed by atoms with van der Waals surface area (Å²) in [6.45, 7) is 6.81. The first kappa shape index (κ1) is 12.3. The minimum absolute atomic E-state index is 0.228. The van der Waals surface area contributed by atoms with Crippen molar-refractivity contribution in [2.75, 3.05) is 5.75 Å². The zero-order chi connectivity index (χ0) is 11.6. The molecular weight excluding hydrogens is 216 g/mol. The second-order valence-corrected chi connectivity index (χ2v) is 6.21. The third-order valence-electron chi connectivity index (χ3n) is 4.49. The molecule has 2 aliphatic rings. The standard InChI is InChI=1S/C13H24N2S/c1-4-12(5-2)10-16-11(14-12)15-13(6-3)8-7-9-13/h4-10H2,1-3H3,(H,14,15). The summed E-state index contributed by atoms with van der Waals surface area (Å²) >= 11 is 1.93. The fraction of sp³-hybridized carbons (Fsp3) is 0.923. The van der Waals surface area contributed by atoms with Crippen LogP contribution in [-0.4, -0.2) is 22.0 Å². The average molecular weight is 240 g/mol. The Morgan fingerprint density at radius 1 is 1.19 bits per heavy atom. The van der Waals surface area contributed by atoms with Crippen molar-refractivity contribution in [3.63, 3.8) is 0 Å². The lowest BCUT2D eigenvalue weighted by Crippen LogP contribution is -2.52. The van der Waals surface area contributed by atoms with Crippen molar-refractivity contribution in [1.29, 1.82) is 0 Å². The molecule has 2 rings (SSSR count). The summed E-state index contributed by atoms with van der Waals surface area (Å²) in [5, 5.41) is 4.93. The van der Waals surface area contributed by atoms with E-state index in [1.165, 1.54) is 49.4 Å². The lowest BCUT2D eigenvalue weighted by molar-refractivity contribution is 0.211. The Labute approximate surface area is 104 Å². The van der Waals surface area contributed by atoms with Crippen molar-refractivity contribution in [2.45, 2.75) is 70.4 Å². The van der Waals surface area contributed by atoms with E-state index in [1.807, 2.05) is 11.8 Å². The molecule has 0 amide bonds. The van der Waals surface area contributed by atoms with Crippen LogP contribution in [0.2, 0.25) is 0 Å². The van der Waals surface area contributed by atoms with Gasteiger partial charge >= 0.3 is 0 Å². The molecule has 2 nitrogen and oxygen atoms in total. The SMILES string of the molecule is CCC1(CC)CSC(NC2(CC)CCC2)=N1. The second kappa shape index (κ2) is 4.59. The lowest BCUT2D eigenvalue weighted by Gasteiger charge is -2.42. The maximum absolute atomic E-state index is 4.94. The summed E-state index contributed by atoms with van der Waals surface area (Å²) in [6.07, 6.45) is 7.60. The van der Waals surface area contributed by atoms with Gasteiger partial charge in [0.05, 0.1) is 5.54 Å². The number of nitrogens with one attached hydrogen (secondary N) is 1. The van der Waals surface area contributed by atoms with Gasteiger partial charge in [-0.3, -0.25) is 4.99 Å². The van der Waals surface area contributed by atoms with Gasteiger partial charge in [0.15, 0.2) is 5.17 Å². The molecule has 1 saturated carbocycles. The average Bonchev–Trinajstić information content (AvgIpc) is 2.68. The molecule has 3 heteroatoms. The third kappa shape index (κ3) is 2.11. The minimum atomic E-state index is 0.228. The molecule has 0 aromatic carbocycles. The van der Waals surface area contributed by atoms with E-state index in [2.05, 4.69) is 26.1 Å². The Balaban J connectivity index is 2.01. The van der Waals surface area contributed by atoms with Gasteiger partial charge in [-0.1, -0.05) is 32.5 Å². The van der Waals surface area contributed by atoms with Crippen molar-refractivity contribution in [2.24, 2.45) is 4.99 Å². The van der Waals surface area contributed by atoms with Crippen LogP contribution < -0.4 is 5.32 Å². The molecule has 92 valence electrons. The number of hydrogen-bond acceptors (Lipinski definition) is 3. The van der Waals surface area contributed by atoms with Gasteiger partial charge in [0.1, 0.15) is 0 Å². The highest BCUT2D eigenvalue weighted by Gasteiger charge is 2.39. The Bertz CT molecular complexity index is 272. The first-order valence-corrected chi connectivity index (χ1v) is 7.67. The lowest BCUT2D eigenvalue weighted by atomic mass is 9.75. The summed E-state index contributed by atoms with van der Waals surface area (Å²) in [5.74, 6) is 1.17. The Morgan fingerprint density at radius 2 is 1.88 bits per heavy atom. The maximum atomic E-state index is 4.94. The van der Waals surface area contributed by atoms with Crippen LogP contribution in [0, 0.1) is 0 Å². The van der Waals surface area contributed by atoms with E-state index >= 15 is 0 Å². The van der Waals surface area contributed by atoms with Crippen molar-refractivity contribution in [3.05, 3.63) is 0 Å². The van der Waals surface area contributed by atoms with Crippen molar-refractivity contribution in [1.82, 2.24) is 5.32 Å². The molecule has 1 aliphatic carbocycles. The Hall–Kier alpha value is -0.180. The van der Waals surface area contributed by atoms with Crippen LogP contribution in [0.4, 0.5) is 0 Å². The molecule has 0 spiro atoms. The van der Waals surface area contributed by atoms with E-state index in [9.17, 15) is 0 Å². The summed E-state index contributed by atoms with van der Waals surface area (Å²) < 4.78 is 0. The minimum Gasteiger partial charge on any atom is -0.359 e. The first-order valence-electron chi connectivity index (χ1n) is 6.68. The van der Waals surface area contributed by atoms with Gasteiger partial charge in [-0.05, 0) is 38.5 Å². The molecule has 0 bridgehead atoms. The zero-order valence-corrected chi connectivity index (χ0v) is 11.6. The highest BCUT2D eigenvalue weighted by atomic mass is 32.2. The van der Waals surface area contributed by atoms with Crippen LogP contribution in [-0.2, 0) is 0 Å². The van der Waals surface area contributed by atoms with Gasteiger partial charge in [-0.25, -0.2) is 0 Å². The number of hydrogen-bond donors (Lipinski definition) is 1. The van der Waals surface area contributed by atoms with Crippen molar-refractivity contribution < 1.29 is 0 Å². The highest BCUT2D eigenvalue weighted by molar-refractivity contribution is 8.14. The Morgan fingerprint density at radius 3 is 2.25 bits per heavy atom. The highest BCUT2D eigenvalue weighted by Crippen LogP contribution is 2.38. The van der Waals surface area contributed by atoms with E-state index in [1.54, 1.807) is 0 Å². The van der Waals surface area contributed by atoms with E-state index < -0.39 is 0 Å². The molecule has 0 aromatic rings. The first-order chi connectivity index (χ1) is 7.67. The summed E-state index contributed by atoms with van der Waals surface area (Å²) in [7, 11) is 0.